The molecule has 0 aromatic carbocycles. The minimum absolute atomic E-state index is 0.00581. The van der Waals surface area contributed by atoms with Crippen molar-refractivity contribution in [3.05, 3.63) is 0 Å². The summed E-state index contributed by atoms with van der Waals surface area (Å²) in [5.74, 6) is 0.630. The van der Waals surface area contributed by atoms with Crippen LogP contribution < -0.4 is 0 Å². The van der Waals surface area contributed by atoms with Crippen molar-refractivity contribution in [2.24, 2.45) is 5.92 Å². The summed E-state index contributed by atoms with van der Waals surface area (Å²) in [7, 11) is -1.04. The van der Waals surface area contributed by atoms with Gasteiger partial charge in [0, 0.05) is 18.6 Å². The van der Waals surface area contributed by atoms with Crippen LogP contribution in [0.25, 0.3) is 0 Å². The summed E-state index contributed by atoms with van der Waals surface area (Å²) in [5, 5.41) is 0. The molecule has 98 valence electrons. The zero-order valence-corrected chi connectivity index (χ0v) is 10.9. The molecule has 0 aromatic rings. The van der Waals surface area contributed by atoms with Crippen LogP contribution in [0, 0.1) is 5.92 Å². The maximum absolute atomic E-state index is 11.9. The summed E-state index contributed by atoms with van der Waals surface area (Å²) < 4.78 is 27.9. The number of carbonyl (C=O) groups excluding carboxylic acids is 1. The summed E-state index contributed by atoms with van der Waals surface area (Å²) in [6.45, 7) is 1.53. The highest BCUT2D eigenvalue weighted by Gasteiger charge is 2.32. The van der Waals surface area contributed by atoms with Crippen molar-refractivity contribution < 1.29 is 17.9 Å². The van der Waals surface area contributed by atoms with Gasteiger partial charge in [0.25, 0.3) is 0 Å². The molecule has 0 spiro atoms. The standard InChI is InChI=1S/C11H19NO4S/c1-12(10-3-5-17(14,15)8-10)6-11(13)9-2-4-16-7-9/h9-10H,2-8H2,1H3. The molecule has 2 aliphatic heterocycles. The highest BCUT2D eigenvalue weighted by molar-refractivity contribution is 7.91. The maximum atomic E-state index is 11.9. The van der Waals surface area contributed by atoms with Crippen molar-refractivity contribution in [1.29, 1.82) is 0 Å². The number of sulfone groups is 1. The molecule has 0 aliphatic carbocycles. The minimum Gasteiger partial charge on any atom is -0.381 e. The number of rotatable bonds is 4. The van der Waals surface area contributed by atoms with E-state index >= 15 is 0 Å². The smallest absolute Gasteiger partial charge is 0.152 e. The van der Waals surface area contributed by atoms with E-state index in [1.54, 1.807) is 0 Å². The van der Waals surface area contributed by atoms with Gasteiger partial charge in [-0.1, -0.05) is 0 Å². The van der Waals surface area contributed by atoms with Crippen molar-refractivity contribution in [3.63, 3.8) is 0 Å². The largest absolute Gasteiger partial charge is 0.381 e. The first-order valence-corrected chi connectivity index (χ1v) is 7.81. The Hall–Kier alpha value is -0.460. The number of ketones is 1. The van der Waals surface area contributed by atoms with E-state index in [-0.39, 0.29) is 29.2 Å². The van der Waals surface area contributed by atoms with E-state index in [1.165, 1.54) is 0 Å². The molecule has 2 heterocycles. The molecule has 2 aliphatic rings. The topological polar surface area (TPSA) is 63.7 Å². The molecule has 2 fully saturated rings. The molecule has 2 rings (SSSR count). The van der Waals surface area contributed by atoms with Gasteiger partial charge in [-0.3, -0.25) is 9.69 Å². The van der Waals surface area contributed by atoms with E-state index in [9.17, 15) is 13.2 Å². The SMILES string of the molecule is CN(CC(=O)C1CCOC1)C1CCS(=O)(=O)C1. The van der Waals surface area contributed by atoms with Gasteiger partial charge in [0.05, 0.1) is 24.7 Å². The molecular formula is C11H19NO4S. The first kappa shape index (κ1) is 13.0. The Labute approximate surface area is 102 Å². The fourth-order valence-electron chi connectivity index (χ4n) is 2.42. The fourth-order valence-corrected chi connectivity index (χ4v) is 4.22. The molecule has 0 aromatic heterocycles. The Kier molecular flexibility index (Phi) is 3.85. The number of carbonyl (C=O) groups is 1. The quantitative estimate of drug-likeness (QED) is 0.696. The van der Waals surface area contributed by atoms with Gasteiger partial charge in [-0.05, 0) is 19.9 Å². The fraction of sp³-hybridized carbons (Fsp3) is 0.909. The molecule has 2 unspecified atom stereocenters. The number of hydrogen-bond donors (Lipinski definition) is 0. The Morgan fingerprint density at radius 3 is 2.71 bits per heavy atom. The molecule has 0 amide bonds. The second kappa shape index (κ2) is 5.04. The van der Waals surface area contributed by atoms with E-state index in [4.69, 9.17) is 4.74 Å². The summed E-state index contributed by atoms with van der Waals surface area (Å²) in [6.07, 6.45) is 1.45. The van der Waals surface area contributed by atoms with Crippen molar-refractivity contribution in [2.45, 2.75) is 18.9 Å². The molecule has 2 saturated heterocycles. The van der Waals surface area contributed by atoms with Crippen LogP contribution in [-0.2, 0) is 19.4 Å². The maximum Gasteiger partial charge on any atom is 0.152 e. The van der Waals surface area contributed by atoms with Crippen LogP contribution in [0.4, 0.5) is 0 Å². The lowest BCUT2D eigenvalue weighted by atomic mass is 10.0. The van der Waals surface area contributed by atoms with Gasteiger partial charge < -0.3 is 4.74 Å². The summed E-state index contributed by atoms with van der Waals surface area (Å²) in [5.41, 5.74) is 0. The molecule has 6 heteroatoms. The molecular weight excluding hydrogens is 242 g/mol. The first-order valence-electron chi connectivity index (χ1n) is 5.99. The highest BCUT2D eigenvalue weighted by atomic mass is 32.2. The summed E-state index contributed by atoms with van der Waals surface area (Å²) >= 11 is 0. The van der Waals surface area contributed by atoms with Gasteiger partial charge in [0.15, 0.2) is 15.6 Å². The van der Waals surface area contributed by atoms with Crippen molar-refractivity contribution in [3.8, 4) is 0 Å². The van der Waals surface area contributed by atoms with Crippen molar-refractivity contribution >= 4 is 15.6 Å². The van der Waals surface area contributed by atoms with E-state index in [0.29, 0.717) is 26.2 Å². The Balaban J connectivity index is 1.84. The van der Waals surface area contributed by atoms with Crippen LogP contribution in [0.5, 0.6) is 0 Å². The van der Waals surface area contributed by atoms with Crippen molar-refractivity contribution in [2.75, 3.05) is 38.3 Å². The minimum atomic E-state index is -2.87. The highest BCUT2D eigenvalue weighted by Crippen LogP contribution is 2.18. The monoisotopic (exact) mass is 261 g/mol. The third-order valence-corrected chi connectivity index (χ3v) is 5.37. The number of nitrogens with zero attached hydrogens (tertiary/aromatic N) is 1. The van der Waals surface area contributed by atoms with Gasteiger partial charge in [0.2, 0.25) is 0 Å². The summed E-state index contributed by atoms with van der Waals surface area (Å²) in [4.78, 5) is 13.8. The second-order valence-corrected chi connectivity index (χ2v) is 7.23. The molecule has 5 nitrogen and oxygen atoms in total. The zero-order valence-electron chi connectivity index (χ0n) is 10.1. The van der Waals surface area contributed by atoms with E-state index < -0.39 is 9.84 Å². The Morgan fingerprint density at radius 2 is 2.18 bits per heavy atom. The lowest BCUT2D eigenvalue weighted by Crippen LogP contribution is -2.38. The molecule has 2 atom stereocenters. The first-order chi connectivity index (χ1) is 7.98. The normalized spacial score (nSPS) is 32.1. The van der Waals surface area contributed by atoms with Gasteiger partial charge >= 0.3 is 0 Å². The van der Waals surface area contributed by atoms with Crippen LogP contribution in [0.3, 0.4) is 0 Å². The molecule has 17 heavy (non-hydrogen) atoms. The van der Waals surface area contributed by atoms with Gasteiger partial charge in [-0.2, -0.15) is 0 Å². The number of ether oxygens (including phenoxy) is 1. The predicted octanol–water partition coefficient (Wildman–Crippen LogP) is -0.289. The third kappa shape index (κ3) is 3.26. The van der Waals surface area contributed by atoms with Crippen LogP contribution in [0.2, 0.25) is 0 Å². The second-order valence-electron chi connectivity index (χ2n) is 5.00. The van der Waals surface area contributed by atoms with Crippen LogP contribution in [-0.4, -0.2) is 63.5 Å². The van der Waals surface area contributed by atoms with Crippen LogP contribution >= 0.6 is 0 Å². The Bertz CT molecular complexity index is 386. The lowest BCUT2D eigenvalue weighted by molar-refractivity contribution is -0.124. The van der Waals surface area contributed by atoms with Crippen LogP contribution in [0.15, 0.2) is 0 Å². The third-order valence-electron chi connectivity index (χ3n) is 3.62. The van der Waals surface area contributed by atoms with Gasteiger partial charge in [0.1, 0.15) is 0 Å². The Morgan fingerprint density at radius 1 is 1.41 bits per heavy atom. The van der Waals surface area contributed by atoms with E-state index in [2.05, 4.69) is 0 Å². The van der Waals surface area contributed by atoms with Crippen LogP contribution in [0.1, 0.15) is 12.8 Å². The summed E-state index contributed by atoms with van der Waals surface area (Å²) in [6, 6.07) is 0.00581. The van der Waals surface area contributed by atoms with Gasteiger partial charge in [-0.25, -0.2) is 8.42 Å². The molecule has 0 saturated carbocycles. The molecule has 0 N–H and O–H groups in total. The lowest BCUT2D eigenvalue weighted by Gasteiger charge is -2.23. The van der Waals surface area contributed by atoms with Crippen molar-refractivity contribution in [1.82, 2.24) is 4.90 Å². The average molecular weight is 261 g/mol. The van der Waals surface area contributed by atoms with E-state index in [0.717, 1.165) is 6.42 Å². The predicted molar refractivity (Wildman–Crippen MR) is 63.6 cm³/mol. The van der Waals surface area contributed by atoms with E-state index in [1.807, 2.05) is 11.9 Å². The molecule has 0 radical (unpaired) electrons. The number of likely N-dealkylation sites (N-methyl/N-ethyl adjacent to an activating group) is 1. The van der Waals surface area contributed by atoms with Gasteiger partial charge in [-0.15, -0.1) is 0 Å². The number of hydrogen-bond acceptors (Lipinski definition) is 5. The average Bonchev–Trinajstić information content (AvgIpc) is 2.86. The number of Topliss-reactive ketones (excluding diaryl/α,β-unsaturated/α-hetero) is 1. The molecule has 0 bridgehead atoms. The zero-order chi connectivity index (χ0) is 12.5.